The maximum Gasteiger partial charge on any atom is 0.322 e. The Kier molecular flexibility index (Phi) is 5.60. The second-order valence-electron chi connectivity index (χ2n) is 9.11. The Bertz CT molecular complexity index is 1720. The molecule has 0 fully saturated rings. The molecular formula is C29H25N7O2. The van der Waals surface area contributed by atoms with Gasteiger partial charge in [0.25, 0.3) is 0 Å². The summed E-state index contributed by atoms with van der Waals surface area (Å²) >= 11 is 0. The number of ether oxygens (including phenoxy) is 1. The molecule has 4 heterocycles. The molecule has 0 spiro atoms. The van der Waals surface area contributed by atoms with E-state index in [0.29, 0.717) is 18.3 Å². The van der Waals surface area contributed by atoms with Crippen LogP contribution in [0.1, 0.15) is 11.3 Å². The van der Waals surface area contributed by atoms with E-state index in [0.717, 1.165) is 56.2 Å². The quantitative estimate of drug-likeness (QED) is 0.326. The number of carbonyl (C=O) groups is 1. The summed E-state index contributed by atoms with van der Waals surface area (Å²) in [7, 11) is 3.74. The summed E-state index contributed by atoms with van der Waals surface area (Å²) in [5.41, 5.74) is 7.61. The highest BCUT2D eigenvalue weighted by atomic mass is 16.5. The average Bonchev–Trinajstić information content (AvgIpc) is 3.13. The molecule has 0 aliphatic carbocycles. The van der Waals surface area contributed by atoms with Crippen molar-refractivity contribution in [3.63, 3.8) is 0 Å². The molecule has 0 saturated carbocycles. The topological polar surface area (TPSA) is 98.1 Å². The van der Waals surface area contributed by atoms with Crippen LogP contribution >= 0.6 is 0 Å². The van der Waals surface area contributed by atoms with Crippen molar-refractivity contribution in [3.05, 3.63) is 85.0 Å². The molecule has 0 saturated heterocycles. The van der Waals surface area contributed by atoms with Gasteiger partial charge < -0.3 is 19.5 Å². The molecule has 1 aliphatic rings. The second-order valence-corrected chi connectivity index (χ2v) is 9.11. The van der Waals surface area contributed by atoms with Crippen molar-refractivity contribution in [2.45, 2.75) is 13.5 Å². The molecule has 3 aromatic heterocycles. The van der Waals surface area contributed by atoms with Crippen molar-refractivity contribution in [2.75, 3.05) is 17.3 Å². The van der Waals surface area contributed by atoms with Gasteiger partial charge in [0.05, 0.1) is 11.1 Å². The van der Waals surface area contributed by atoms with E-state index in [4.69, 9.17) is 4.74 Å². The average molecular weight is 504 g/mol. The fourth-order valence-electron chi connectivity index (χ4n) is 4.88. The molecule has 0 bridgehead atoms. The van der Waals surface area contributed by atoms with Crippen molar-refractivity contribution in [2.24, 2.45) is 7.05 Å². The predicted molar refractivity (Wildman–Crippen MR) is 147 cm³/mol. The Hall–Kier alpha value is -5.05. The zero-order valence-corrected chi connectivity index (χ0v) is 21.3. The minimum Gasteiger partial charge on any atom is -0.424 e. The van der Waals surface area contributed by atoms with E-state index in [1.54, 1.807) is 24.5 Å². The number of carbonyl (C=O) groups excluding carboxylic acids is 1. The Morgan fingerprint density at radius 1 is 1.13 bits per heavy atom. The van der Waals surface area contributed by atoms with Crippen LogP contribution in [0.3, 0.4) is 0 Å². The van der Waals surface area contributed by atoms with Gasteiger partial charge in [-0.3, -0.25) is 4.79 Å². The lowest BCUT2D eigenvalue weighted by atomic mass is 9.95. The molecule has 0 atom stereocenters. The number of hydrogen-bond donors (Lipinski definition) is 1. The molecule has 0 radical (unpaired) electrons. The van der Waals surface area contributed by atoms with Crippen LogP contribution in [0.5, 0.6) is 11.8 Å². The van der Waals surface area contributed by atoms with Gasteiger partial charge in [0.1, 0.15) is 23.5 Å². The number of nitrogens with one attached hydrogen (secondary N) is 1. The van der Waals surface area contributed by atoms with E-state index in [1.165, 1.54) is 6.08 Å². The van der Waals surface area contributed by atoms with E-state index in [1.807, 2.05) is 56.4 Å². The third kappa shape index (κ3) is 3.85. The van der Waals surface area contributed by atoms with E-state index in [-0.39, 0.29) is 5.91 Å². The van der Waals surface area contributed by atoms with Crippen LogP contribution in [0.15, 0.2) is 73.7 Å². The first kappa shape index (κ1) is 23.4. The highest BCUT2D eigenvalue weighted by Gasteiger charge is 2.26. The molecule has 1 amide bonds. The van der Waals surface area contributed by atoms with Gasteiger partial charge in [-0.2, -0.15) is 0 Å². The van der Waals surface area contributed by atoms with Crippen molar-refractivity contribution in [1.29, 1.82) is 0 Å². The van der Waals surface area contributed by atoms with Crippen molar-refractivity contribution >= 4 is 28.4 Å². The van der Waals surface area contributed by atoms with Gasteiger partial charge in [-0.05, 0) is 60.0 Å². The standard InChI is InChI=1S/C29H25N7O2/c1-5-23(37)35(3)20-8-6-18(7-9-20)26-24-22-11-10-21(38-29-30-13-12-17(2)34-29)14-19(22)15-31-27-25(24)28(36(26)4)33-16-32-27/h5-14,16H,1,15H2,2-4H3,(H,31,32,33). The summed E-state index contributed by atoms with van der Waals surface area (Å²) in [5.74, 6) is 1.27. The van der Waals surface area contributed by atoms with E-state index < -0.39 is 0 Å². The highest BCUT2D eigenvalue weighted by molar-refractivity contribution is 6.09. The Morgan fingerprint density at radius 2 is 1.95 bits per heavy atom. The maximum atomic E-state index is 12.1. The third-order valence-corrected chi connectivity index (χ3v) is 6.77. The Morgan fingerprint density at radius 3 is 2.71 bits per heavy atom. The summed E-state index contributed by atoms with van der Waals surface area (Å²) in [6, 6.07) is 16.0. The lowest BCUT2D eigenvalue weighted by Gasteiger charge is -2.16. The molecule has 38 heavy (non-hydrogen) atoms. The van der Waals surface area contributed by atoms with Crippen LogP contribution in [0.4, 0.5) is 11.5 Å². The largest absolute Gasteiger partial charge is 0.424 e. The van der Waals surface area contributed by atoms with Crippen LogP contribution in [0.2, 0.25) is 0 Å². The summed E-state index contributed by atoms with van der Waals surface area (Å²) in [6.45, 7) is 6.05. The molecule has 2 aromatic carbocycles. The summed E-state index contributed by atoms with van der Waals surface area (Å²) in [5, 5.41) is 4.44. The zero-order valence-electron chi connectivity index (χ0n) is 21.3. The number of aromatic nitrogens is 5. The Labute approximate surface area is 219 Å². The van der Waals surface area contributed by atoms with Crippen molar-refractivity contribution in [3.8, 4) is 34.1 Å². The molecule has 6 rings (SSSR count). The summed E-state index contributed by atoms with van der Waals surface area (Å²) in [4.78, 5) is 31.4. The maximum absolute atomic E-state index is 12.1. The molecule has 0 unspecified atom stereocenters. The predicted octanol–water partition coefficient (Wildman–Crippen LogP) is 5.27. The number of amides is 1. The van der Waals surface area contributed by atoms with E-state index in [2.05, 4.69) is 42.5 Å². The summed E-state index contributed by atoms with van der Waals surface area (Å²) < 4.78 is 8.07. The van der Waals surface area contributed by atoms with Crippen molar-refractivity contribution in [1.82, 2.24) is 24.5 Å². The molecule has 188 valence electrons. The minimum atomic E-state index is -0.164. The lowest BCUT2D eigenvalue weighted by Crippen LogP contribution is -2.23. The van der Waals surface area contributed by atoms with Crippen LogP contribution < -0.4 is 15.0 Å². The highest BCUT2D eigenvalue weighted by Crippen LogP contribution is 2.46. The molecular weight excluding hydrogens is 478 g/mol. The minimum absolute atomic E-state index is 0.164. The van der Waals surface area contributed by atoms with Gasteiger partial charge in [0.2, 0.25) is 5.91 Å². The first-order valence-electron chi connectivity index (χ1n) is 12.1. The number of aryl methyl sites for hydroxylation is 2. The lowest BCUT2D eigenvalue weighted by molar-refractivity contribution is -0.113. The molecule has 9 heteroatoms. The van der Waals surface area contributed by atoms with Crippen LogP contribution in [0.25, 0.3) is 33.4 Å². The number of hydrogen-bond acceptors (Lipinski definition) is 7. The normalized spacial score (nSPS) is 11.9. The van der Waals surface area contributed by atoms with Gasteiger partial charge in [-0.1, -0.05) is 24.8 Å². The smallest absolute Gasteiger partial charge is 0.322 e. The van der Waals surface area contributed by atoms with Crippen molar-refractivity contribution < 1.29 is 9.53 Å². The SMILES string of the molecule is C=CC(=O)N(C)c1ccc(-c2c3c4c(ncnc4n2C)NCc2cc(Oc4nccc(C)n4)ccc2-3)cc1. The fraction of sp³-hybridized carbons (Fsp3) is 0.138. The van der Waals surface area contributed by atoms with Gasteiger partial charge in [-0.15, -0.1) is 0 Å². The van der Waals surface area contributed by atoms with Gasteiger partial charge in [0, 0.05) is 43.8 Å². The van der Waals surface area contributed by atoms with E-state index in [9.17, 15) is 4.79 Å². The zero-order chi connectivity index (χ0) is 26.4. The van der Waals surface area contributed by atoms with Crippen LogP contribution in [0, 0.1) is 6.92 Å². The first-order valence-corrected chi connectivity index (χ1v) is 12.1. The third-order valence-electron chi connectivity index (χ3n) is 6.77. The fourth-order valence-corrected chi connectivity index (χ4v) is 4.88. The number of nitrogens with zero attached hydrogens (tertiary/aromatic N) is 6. The molecule has 5 aromatic rings. The van der Waals surface area contributed by atoms with Crippen LogP contribution in [-0.2, 0) is 18.4 Å². The number of anilines is 2. The van der Waals surface area contributed by atoms with Gasteiger partial charge in [-0.25, -0.2) is 19.9 Å². The molecule has 9 nitrogen and oxygen atoms in total. The van der Waals surface area contributed by atoms with E-state index >= 15 is 0 Å². The van der Waals surface area contributed by atoms with Gasteiger partial charge >= 0.3 is 6.01 Å². The molecule has 1 N–H and O–H groups in total. The Balaban J connectivity index is 1.49. The summed E-state index contributed by atoms with van der Waals surface area (Å²) in [6.07, 6.45) is 4.57. The van der Waals surface area contributed by atoms with Crippen LogP contribution in [-0.4, -0.2) is 37.5 Å². The monoisotopic (exact) mass is 503 g/mol. The number of rotatable bonds is 5. The number of fused-ring (bicyclic) bond motifs is 2. The molecule has 1 aliphatic heterocycles. The number of benzene rings is 2. The second kappa shape index (κ2) is 9.11. The van der Waals surface area contributed by atoms with Gasteiger partial charge in [0.15, 0.2) is 0 Å². The first-order chi connectivity index (χ1) is 18.4. The number of likely N-dealkylation sites (N-methyl/N-ethyl adjacent to an activating group) is 1.